The van der Waals surface area contributed by atoms with E-state index in [9.17, 15) is 9.59 Å². The second-order valence-electron chi connectivity index (χ2n) is 5.92. The molecule has 10 heteroatoms. The summed E-state index contributed by atoms with van der Waals surface area (Å²) in [6.45, 7) is -0.434. The summed E-state index contributed by atoms with van der Waals surface area (Å²) in [7, 11) is 0. The lowest BCUT2D eigenvalue weighted by atomic mass is 10.2. The number of anilines is 1. The summed E-state index contributed by atoms with van der Waals surface area (Å²) in [5.41, 5.74) is 3.08. The van der Waals surface area contributed by atoms with Gasteiger partial charge in [0, 0.05) is 16.0 Å². The summed E-state index contributed by atoms with van der Waals surface area (Å²) in [6.07, 6.45) is 1.53. The van der Waals surface area contributed by atoms with Crippen LogP contribution in [0.3, 0.4) is 0 Å². The molecule has 0 saturated carbocycles. The van der Waals surface area contributed by atoms with E-state index >= 15 is 0 Å². The number of hydrogen-bond donors (Lipinski definition) is 2. The molecule has 0 aliphatic rings. The predicted octanol–water partition coefficient (Wildman–Crippen LogP) is 4.79. The number of H-pyrrole nitrogens is 1. The van der Waals surface area contributed by atoms with Crippen LogP contribution >= 0.6 is 34.5 Å². The third-order valence-electron chi connectivity index (χ3n) is 3.95. The number of fused-ring (bicyclic) bond motifs is 1. The van der Waals surface area contributed by atoms with Gasteiger partial charge in [0.2, 0.25) is 0 Å². The average Bonchev–Trinajstić information content (AvgIpc) is 3.34. The first kappa shape index (κ1) is 19.4. The fraction of sp³-hybridized carbons (Fsp3) is 0.0526. The topological polar surface area (TPSA) is 97.0 Å². The lowest BCUT2D eigenvalue weighted by Crippen LogP contribution is -2.20. The standard InChI is InChI=1S/C19H12Cl2N4O3S/c20-11-2-3-12(13(21)6-11)16-8-29-19(24-16)25-17(26)7-28-18(27)10-1-4-14-15(5-10)23-9-22-14/h1-6,8-9H,7H2,(H,22,23)(H,24,25,26). The van der Waals surface area contributed by atoms with Crippen LogP contribution in [0.2, 0.25) is 10.0 Å². The Kier molecular flexibility index (Phi) is 5.48. The Labute approximate surface area is 178 Å². The number of ether oxygens (including phenoxy) is 1. The number of amides is 1. The van der Waals surface area contributed by atoms with Crippen molar-refractivity contribution in [2.45, 2.75) is 0 Å². The summed E-state index contributed by atoms with van der Waals surface area (Å²) >= 11 is 13.3. The Balaban J connectivity index is 1.36. The second kappa shape index (κ2) is 8.20. The van der Waals surface area contributed by atoms with Crippen molar-refractivity contribution in [3.05, 3.63) is 63.7 Å². The monoisotopic (exact) mass is 446 g/mol. The molecule has 4 rings (SSSR count). The minimum absolute atomic E-state index is 0.323. The number of aromatic amines is 1. The first-order chi connectivity index (χ1) is 14.0. The molecule has 2 heterocycles. The quantitative estimate of drug-likeness (QED) is 0.429. The lowest BCUT2D eigenvalue weighted by Gasteiger charge is -2.05. The van der Waals surface area contributed by atoms with Crippen LogP contribution in [-0.2, 0) is 9.53 Å². The Bertz CT molecular complexity index is 1220. The van der Waals surface area contributed by atoms with Gasteiger partial charge in [0.25, 0.3) is 5.91 Å². The van der Waals surface area contributed by atoms with E-state index in [-0.39, 0.29) is 0 Å². The molecule has 29 heavy (non-hydrogen) atoms. The van der Waals surface area contributed by atoms with Gasteiger partial charge in [-0.3, -0.25) is 10.1 Å². The van der Waals surface area contributed by atoms with Crippen molar-refractivity contribution in [2.24, 2.45) is 0 Å². The number of carbonyl (C=O) groups excluding carboxylic acids is 2. The summed E-state index contributed by atoms with van der Waals surface area (Å²) in [6, 6.07) is 9.99. The van der Waals surface area contributed by atoms with Crippen molar-refractivity contribution < 1.29 is 14.3 Å². The smallest absolute Gasteiger partial charge is 0.338 e. The van der Waals surface area contributed by atoms with Crippen LogP contribution in [0.15, 0.2) is 48.1 Å². The molecule has 1 amide bonds. The third-order valence-corrected chi connectivity index (χ3v) is 5.25. The third kappa shape index (κ3) is 4.40. The van der Waals surface area contributed by atoms with Crippen LogP contribution < -0.4 is 5.32 Å². The molecule has 0 radical (unpaired) electrons. The van der Waals surface area contributed by atoms with Gasteiger partial charge < -0.3 is 9.72 Å². The van der Waals surface area contributed by atoms with E-state index in [1.165, 1.54) is 17.7 Å². The van der Waals surface area contributed by atoms with E-state index in [0.29, 0.717) is 37.5 Å². The maximum Gasteiger partial charge on any atom is 0.338 e. The SMILES string of the molecule is O=C(COC(=O)c1ccc2nc[nH]c2c1)Nc1nc(-c2ccc(Cl)cc2Cl)cs1. The molecular weight excluding hydrogens is 435 g/mol. The van der Waals surface area contributed by atoms with Crippen LogP contribution in [0.25, 0.3) is 22.3 Å². The maximum atomic E-state index is 12.1. The number of esters is 1. The largest absolute Gasteiger partial charge is 0.452 e. The zero-order chi connectivity index (χ0) is 20.4. The van der Waals surface area contributed by atoms with E-state index in [1.807, 2.05) is 0 Å². The molecule has 0 unspecified atom stereocenters. The van der Waals surface area contributed by atoms with Crippen LogP contribution in [0.1, 0.15) is 10.4 Å². The lowest BCUT2D eigenvalue weighted by molar-refractivity contribution is -0.119. The van der Waals surface area contributed by atoms with Gasteiger partial charge in [-0.15, -0.1) is 11.3 Å². The summed E-state index contributed by atoms with van der Waals surface area (Å²) in [5, 5.41) is 5.71. The Hall–Kier alpha value is -2.94. The van der Waals surface area contributed by atoms with Crippen molar-refractivity contribution in [1.82, 2.24) is 15.0 Å². The predicted molar refractivity (Wildman–Crippen MR) is 113 cm³/mol. The molecule has 4 aromatic rings. The van der Waals surface area contributed by atoms with Gasteiger partial charge >= 0.3 is 5.97 Å². The van der Waals surface area contributed by atoms with Gasteiger partial charge in [-0.25, -0.2) is 14.8 Å². The number of benzene rings is 2. The number of nitrogens with one attached hydrogen (secondary N) is 2. The summed E-state index contributed by atoms with van der Waals surface area (Å²) in [5.74, 6) is -1.10. The summed E-state index contributed by atoms with van der Waals surface area (Å²) < 4.78 is 5.07. The molecule has 2 aromatic heterocycles. The molecule has 0 aliphatic heterocycles. The molecule has 2 N–H and O–H groups in total. The highest BCUT2D eigenvalue weighted by molar-refractivity contribution is 7.14. The highest BCUT2D eigenvalue weighted by Gasteiger charge is 2.14. The maximum absolute atomic E-state index is 12.1. The number of hydrogen-bond acceptors (Lipinski definition) is 6. The van der Waals surface area contributed by atoms with Crippen molar-refractivity contribution in [1.29, 1.82) is 0 Å². The summed E-state index contributed by atoms with van der Waals surface area (Å²) in [4.78, 5) is 35.6. The van der Waals surface area contributed by atoms with Gasteiger partial charge in [0.05, 0.1) is 33.6 Å². The van der Waals surface area contributed by atoms with Gasteiger partial charge in [0.15, 0.2) is 11.7 Å². The van der Waals surface area contributed by atoms with Crippen molar-refractivity contribution in [3.63, 3.8) is 0 Å². The van der Waals surface area contributed by atoms with Gasteiger partial charge in [-0.1, -0.05) is 23.2 Å². The number of nitrogens with zero attached hydrogens (tertiary/aromatic N) is 2. The van der Waals surface area contributed by atoms with Gasteiger partial charge in [-0.05, 0) is 36.4 Å². The minimum atomic E-state index is -0.607. The number of rotatable bonds is 5. The fourth-order valence-corrected chi connectivity index (χ4v) is 3.82. The average molecular weight is 447 g/mol. The van der Waals surface area contributed by atoms with E-state index in [4.69, 9.17) is 27.9 Å². The highest BCUT2D eigenvalue weighted by Crippen LogP contribution is 2.32. The van der Waals surface area contributed by atoms with Gasteiger partial charge in [0.1, 0.15) is 0 Å². The number of imidazole rings is 1. The zero-order valence-corrected chi connectivity index (χ0v) is 16.9. The number of carbonyl (C=O) groups is 2. The number of halogens is 2. The molecular formula is C19H12Cl2N4O3S. The molecule has 0 bridgehead atoms. The van der Waals surface area contributed by atoms with E-state index in [2.05, 4.69) is 20.3 Å². The molecule has 146 valence electrons. The molecule has 0 saturated heterocycles. The molecule has 0 spiro atoms. The van der Waals surface area contributed by atoms with Crippen molar-refractivity contribution in [2.75, 3.05) is 11.9 Å². The molecule has 2 aromatic carbocycles. The Morgan fingerprint density at radius 2 is 2.03 bits per heavy atom. The van der Waals surface area contributed by atoms with Crippen LogP contribution in [-0.4, -0.2) is 33.4 Å². The van der Waals surface area contributed by atoms with Crippen LogP contribution in [0.4, 0.5) is 5.13 Å². The van der Waals surface area contributed by atoms with E-state index in [0.717, 1.165) is 5.52 Å². The van der Waals surface area contributed by atoms with Crippen LogP contribution in [0.5, 0.6) is 0 Å². The van der Waals surface area contributed by atoms with Gasteiger partial charge in [-0.2, -0.15) is 0 Å². The first-order valence-electron chi connectivity index (χ1n) is 8.30. The first-order valence-corrected chi connectivity index (χ1v) is 9.94. The second-order valence-corrected chi connectivity index (χ2v) is 7.62. The molecule has 0 atom stereocenters. The van der Waals surface area contributed by atoms with Crippen LogP contribution in [0, 0.1) is 0 Å². The van der Waals surface area contributed by atoms with E-state index in [1.54, 1.807) is 41.8 Å². The fourth-order valence-electron chi connectivity index (χ4n) is 2.58. The normalized spacial score (nSPS) is 10.8. The van der Waals surface area contributed by atoms with Crippen molar-refractivity contribution >= 4 is 62.6 Å². The number of aromatic nitrogens is 3. The van der Waals surface area contributed by atoms with E-state index < -0.39 is 18.5 Å². The molecule has 0 fully saturated rings. The highest BCUT2D eigenvalue weighted by atomic mass is 35.5. The Morgan fingerprint density at radius 1 is 1.17 bits per heavy atom. The molecule has 7 nitrogen and oxygen atoms in total. The zero-order valence-electron chi connectivity index (χ0n) is 14.6. The Morgan fingerprint density at radius 3 is 2.86 bits per heavy atom. The van der Waals surface area contributed by atoms with Crippen molar-refractivity contribution in [3.8, 4) is 11.3 Å². The minimum Gasteiger partial charge on any atom is -0.452 e. The number of thiazole rings is 1. The molecule has 0 aliphatic carbocycles.